The third-order valence-electron chi connectivity index (χ3n) is 1.35. The molecule has 1 heterocycles. The van der Waals surface area contributed by atoms with Crippen LogP contribution >= 0.6 is 15.9 Å². The number of hydrogen-bond donors (Lipinski definition) is 1. The Hall–Kier alpha value is -0.550. The van der Waals surface area contributed by atoms with Crippen molar-refractivity contribution in [3.8, 4) is 0 Å². The first-order chi connectivity index (χ1) is 5.58. The second-order valence-corrected chi connectivity index (χ2v) is 2.96. The molecule has 12 heavy (non-hydrogen) atoms. The fourth-order valence-electron chi connectivity index (χ4n) is 0.744. The van der Waals surface area contributed by atoms with Crippen molar-refractivity contribution < 1.29 is 13.9 Å². The minimum Gasteiger partial charge on any atom is -0.390 e. The molecule has 0 amide bonds. The molecular weight excluding hydrogens is 232 g/mol. The molecule has 0 bridgehead atoms. The molecule has 0 aliphatic carbocycles. The van der Waals surface area contributed by atoms with Gasteiger partial charge in [-0.15, -0.1) is 0 Å². The topological polar surface area (TPSA) is 33.1 Å². The minimum atomic E-state index is -3.23. The summed E-state index contributed by atoms with van der Waals surface area (Å²) in [5.74, 6) is -3.23. The molecule has 0 saturated heterocycles. The van der Waals surface area contributed by atoms with Gasteiger partial charge in [-0.2, -0.15) is 8.78 Å². The molecule has 1 rings (SSSR count). The zero-order valence-corrected chi connectivity index (χ0v) is 7.55. The largest absolute Gasteiger partial charge is 0.390 e. The van der Waals surface area contributed by atoms with E-state index in [2.05, 4.69) is 20.9 Å². The number of rotatable bonds is 2. The molecular formula is C7H6BrF2NO. The maximum absolute atomic E-state index is 12.8. The van der Waals surface area contributed by atoms with Crippen LogP contribution in [0.3, 0.4) is 0 Å². The molecule has 0 saturated carbocycles. The van der Waals surface area contributed by atoms with E-state index in [0.29, 0.717) is 0 Å². The number of hydrogen-bond acceptors (Lipinski definition) is 2. The Bertz CT molecular complexity index is 280. The summed E-state index contributed by atoms with van der Waals surface area (Å²) in [6, 6.07) is 2.61. The summed E-state index contributed by atoms with van der Waals surface area (Å²) in [6.07, 6.45) is 1.39. The molecule has 1 aromatic heterocycles. The summed E-state index contributed by atoms with van der Waals surface area (Å²) in [5, 5.41) is 8.37. The van der Waals surface area contributed by atoms with Crippen LogP contribution in [0.5, 0.6) is 0 Å². The van der Waals surface area contributed by atoms with Crippen LogP contribution in [0.1, 0.15) is 5.56 Å². The summed E-state index contributed by atoms with van der Waals surface area (Å²) in [7, 11) is 0. The number of alkyl halides is 2. The van der Waals surface area contributed by atoms with Gasteiger partial charge < -0.3 is 5.11 Å². The lowest BCUT2D eigenvalue weighted by Crippen LogP contribution is -2.19. The van der Waals surface area contributed by atoms with Crippen LogP contribution in [0.4, 0.5) is 8.78 Å². The number of aliphatic hydroxyl groups excluding tert-OH is 1. The normalized spacial score (nSPS) is 11.7. The molecule has 0 unspecified atom stereocenters. The molecule has 0 fully saturated rings. The lowest BCUT2D eigenvalue weighted by molar-refractivity contribution is -0.0565. The first kappa shape index (κ1) is 9.54. The molecule has 5 heteroatoms. The van der Waals surface area contributed by atoms with E-state index in [1.165, 1.54) is 18.3 Å². The van der Waals surface area contributed by atoms with Crippen LogP contribution in [0.2, 0.25) is 0 Å². The molecule has 0 aromatic carbocycles. The molecule has 0 radical (unpaired) electrons. The molecule has 0 atom stereocenters. The second-order valence-electron chi connectivity index (χ2n) is 2.20. The van der Waals surface area contributed by atoms with Gasteiger partial charge in [0.2, 0.25) is 0 Å². The first-order valence-corrected chi connectivity index (χ1v) is 3.97. The van der Waals surface area contributed by atoms with Crippen molar-refractivity contribution in [3.05, 3.63) is 28.5 Å². The molecule has 2 nitrogen and oxygen atoms in total. The van der Waals surface area contributed by atoms with Gasteiger partial charge in [0, 0.05) is 6.20 Å². The monoisotopic (exact) mass is 237 g/mol. The highest BCUT2D eigenvalue weighted by molar-refractivity contribution is 9.10. The van der Waals surface area contributed by atoms with Gasteiger partial charge in [-0.1, -0.05) is 0 Å². The van der Waals surface area contributed by atoms with Gasteiger partial charge in [-0.25, -0.2) is 4.98 Å². The van der Waals surface area contributed by atoms with Gasteiger partial charge in [0.05, 0.1) is 5.56 Å². The van der Waals surface area contributed by atoms with E-state index in [0.717, 1.165) is 0 Å². The van der Waals surface area contributed by atoms with E-state index in [-0.39, 0.29) is 10.2 Å². The van der Waals surface area contributed by atoms with Crippen LogP contribution < -0.4 is 0 Å². The maximum Gasteiger partial charge on any atom is 0.298 e. The van der Waals surface area contributed by atoms with Crippen LogP contribution in [0.25, 0.3) is 0 Å². The number of aliphatic hydroxyl groups is 1. The Kier molecular flexibility index (Phi) is 2.74. The molecule has 1 N–H and O–H groups in total. The Labute approximate surface area is 76.4 Å². The Morgan fingerprint density at radius 2 is 2.25 bits per heavy atom. The summed E-state index contributed by atoms with van der Waals surface area (Å²) in [5.41, 5.74) is -0.299. The minimum absolute atomic E-state index is 0.0593. The molecule has 0 aliphatic heterocycles. The average Bonchev–Trinajstić information content (AvgIpc) is 2.05. The van der Waals surface area contributed by atoms with Crippen molar-refractivity contribution in [3.63, 3.8) is 0 Å². The first-order valence-electron chi connectivity index (χ1n) is 3.17. The summed E-state index contributed by atoms with van der Waals surface area (Å²) >= 11 is 2.87. The van der Waals surface area contributed by atoms with E-state index < -0.39 is 12.5 Å². The summed E-state index contributed by atoms with van der Waals surface area (Å²) < 4.78 is 25.7. The lowest BCUT2D eigenvalue weighted by atomic mass is 10.2. The SMILES string of the molecule is OCC(F)(F)c1cccnc1Br. The number of aromatic nitrogens is 1. The van der Waals surface area contributed by atoms with Gasteiger partial charge in [0.15, 0.2) is 0 Å². The Morgan fingerprint density at radius 1 is 1.58 bits per heavy atom. The Balaban J connectivity index is 3.10. The zero-order valence-electron chi connectivity index (χ0n) is 5.97. The van der Waals surface area contributed by atoms with E-state index >= 15 is 0 Å². The smallest absolute Gasteiger partial charge is 0.298 e. The van der Waals surface area contributed by atoms with Crippen LogP contribution in [-0.4, -0.2) is 16.7 Å². The highest BCUT2D eigenvalue weighted by atomic mass is 79.9. The maximum atomic E-state index is 12.8. The zero-order chi connectivity index (χ0) is 9.19. The van der Waals surface area contributed by atoms with Crippen molar-refractivity contribution >= 4 is 15.9 Å². The average molecular weight is 238 g/mol. The number of halogens is 3. The second kappa shape index (κ2) is 3.45. The van der Waals surface area contributed by atoms with Crippen molar-refractivity contribution in [2.45, 2.75) is 5.92 Å². The van der Waals surface area contributed by atoms with Crippen molar-refractivity contribution in [2.75, 3.05) is 6.61 Å². The predicted molar refractivity (Wildman–Crippen MR) is 42.9 cm³/mol. The number of nitrogens with zero attached hydrogens (tertiary/aromatic N) is 1. The van der Waals surface area contributed by atoms with Crippen LogP contribution in [0.15, 0.2) is 22.9 Å². The fourth-order valence-corrected chi connectivity index (χ4v) is 1.28. The molecule has 0 aliphatic rings. The standard InChI is InChI=1S/C7H6BrF2NO/c8-6-5(2-1-3-11-6)7(9,10)4-12/h1-3,12H,4H2. The molecule has 66 valence electrons. The predicted octanol–water partition coefficient (Wildman–Crippen LogP) is 1.93. The fraction of sp³-hybridized carbons (Fsp3) is 0.286. The Morgan fingerprint density at radius 3 is 2.75 bits per heavy atom. The van der Waals surface area contributed by atoms with Crippen LogP contribution in [0, 0.1) is 0 Å². The highest BCUT2D eigenvalue weighted by Gasteiger charge is 2.32. The molecule has 1 aromatic rings. The van der Waals surface area contributed by atoms with E-state index in [4.69, 9.17) is 5.11 Å². The summed E-state index contributed by atoms with van der Waals surface area (Å²) in [6.45, 7) is -1.21. The third-order valence-corrected chi connectivity index (χ3v) is 1.98. The van der Waals surface area contributed by atoms with Crippen molar-refractivity contribution in [2.24, 2.45) is 0 Å². The quantitative estimate of drug-likeness (QED) is 0.798. The van der Waals surface area contributed by atoms with Gasteiger partial charge in [0.1, 0.15) is 11.2 Å². The molecule has 0 spiro atoms. The van der Waals surface area contributed by atoms with Crippen molar-refractivity contribution in [1.82, 2.24) is 4.98 Å². The van der Waals surface area contributed by atoms with Crippen molar-refractivity contribution in [1.29, 1.82) is 0 Å². The van der Waals surface area contributed by atoms with Crippen LogP contribution in [-0.2, 0) is 5.92 Å². The van der Waals surface area contributed by atoms with E-state index in [1.54, 1.807) is 0 Å². The summed E-state index contributed by atoms with van der Waals surface area (Å²) in [4.78, 5) is 3.62. The third kappa shape index (κ3) is 1.78. The highest BCUT2D eigenvalue weighted by Crippen LogP contribution is 2.31. The number of pyridine rings is 1. The van der Waals surface area contributed by atoms with Gasteiger partial charge in [-0.05, 0) is 28.1 Å². The van der Waals surface area contributed by atoms with E-state index in [9.17, 15) is 8.78 Å². The van der Waals surface area contributed by atoms with Gasteiger partial charge in [0.25, 0.3) is 5.92 Å². The lowest BCUT2D eigenvalue weighted by Gasteiger charge is -2.13. The van der Waals surface area contributed by atoms with Gasteiger partial charge >= 0.3 is 0 Å². The van der Waals surface area contributed by atoms with Gasteiger partial charge in [-0.3, -0.25) is 0 Å². The van der Waals surface area contributed by atoms with E-state index in [1.807, 2.05) is 0 Å².